The molecule has 0 aliphatic carbocycles. The zero-order valence-electron chi connectivity index (χ0n) is 9.45. The van der Waals surface area contributed by atoms with Crippen molar-refractivity contribution in [2.45, 2.75) is 20.3 Å². The lowest BCUT2D eigenvalue weighted by molar-refractivity contribution is 0.318. The Morgan fingerprint density at radius 1 is 1.31 bits per heavy atom. The van der Waals surface area contributed by atoms with Crippen LogP contribution >= 0.6 is 0 Å². The van der Waals surface area contributed by atoms with E-state index in [-0.39, 0.29) is 5.63 Å². The van der Waals surface area contributed by atoms with E-state index in [1.54, 1.807) is 0 Å². The van der Waals surface area contributed by atoms with Crippen molar-refractivity contribution in [1.82, 2.24) is 0 Å². The van der Waals surface area contributed by atoms with Crippen LogP contribution < -0.4 is 10.4 Å². The summed E-state index contributed by atoms with van der Waals surface area (Å²) >= 11 is 0. The van der Waals surface area contributed by atoms with E-state index in [4.69, 9.17) is 9.15 Å². The number of benzene rings is 1. The quantitative estimate of drug-likeness (QED) is 0.743. The highest BCUT2D eigenvalue weighted by Crippen LogP contribution is 2.24. The summed E-state index contributed by atoms with van der Waals surface area (Å²) in [6, 6.07) is 7.13. The summed E-state index contributed by atoms with van der Waals surface area (Å²) in [6.07, 6.45) is 0.910. The molecular formula is C13H14O3. The van der Waals surface area contributed by atoms with E-state index in [2.05, 4.69) is 0 Å². The number of hydrogen-bond acceptors (Lipinski definition) is 3. The summed E-state index contributed by atoms with van der Waals surface area (Å²) in [5, 5.41) is 0.846. The molecule has 1 aromatic heterocycles. The number of hydrogen-bond donors (Lipinski definition) is 0. The molecule has 84 valence electrons. The van der Waals surface area contributed by atoms with E-state index < -0.39 is 0 Å². The molecule has 2 aromatic rings. The van der Waals surface area contributed by atoms with E-state index in [9.17, 15) is 4.79 Å². The molecule has 1 aromatic carbocycles. The first-order valence-electron chi connectivity index (χ1n) is 5.38. The maximum absolute atomic E-state index is 11.3. The van der Waals surface area contributed by atoms with Crippen LogP contribution in [0.15, 0.2) is 33.5 Å². The smallest absolute Gasteiger partial charge is 0.339 e. The monoisotopic (exact) mass is 218 g/mol. The molecule has 0 bridgehead atoms. The molecule has 0 spiro atoms. The minimum absolute atomic E-state index is 0.371. The molecule has 0 amide bonds. The Labute approximate surface area is 93.7 Å². The molecule has 3 heteroatoms. The van der Waals surface area contributed by atoms with Crippen LogP contribution in [-0.4, -0.2) is 6.61 Å². The number of fused-ring (bicyclic) bond motifs is 1. The second-order valence-corrected chi connectivity index (χ2v) is 3.78. The lowest BCUT2D eigenvalue weighted by atomic mass is 10.1. The molecular weight excluding hydrogens is 204 g/mol. The maximum atomic E-state index is 11.3. The van der Waals surface area contributed by atoms with Crippen molar-refractivity contribution >= 4 is 11.0 Å². The number of aryl methyl sites for hydroxylation is 1. The van der Waals surface area contributed by atoms with E-state index in [0.717, 1.165) is 17.4 Å². The lowest BCUT2D eigenvalue weighted by Crippen LogP contribution is -2.02. The fourth-order valence-corrected chi connectivity index (χ4v) is 1.57. The minimum Gasteiger partial charge on any atom is -0.493 e. The highest BCUT2D eigenvalue weighted by Gasteiger charge is 2.06. The van der Waals surface area contributed by atoms with Crippen molar-refractivity contribution in [1.29, 1.82) is 0 Å². The maximum Gasteiger partial charge on any atom is 0.339 e. The van der Waals surface area contributed by atoms with Crippen LogP contribution in [0.1, 0.15) is 18.9 Å². The van der Waals surface area contributed by atoms with Gasteiger partial charge < -0.3 is 9.15 Å². The molecule has 0 saturated heterocycles. The standard InChI is InChI=1S/C13H14O3/c1-3-6-15-11-8-13(14)16-12-7-9(2)4-5-10(11)12/h4-5,7-8H,3,6H2,1-2H3. The Morgan fingerprint density at radius 2 is 2.12 bits per heavy atom. The van der Waals surface area contributed by atoms with Gasteiger partial charge in [-0.25, -0.2) is 4.79 Å². The third kappa shape index (κ3) is 2.08. The van der Waals surface area contributed by atoms with Crippen LogP contribution in [0.4, 0.5) is 0 Å². The van der Waals surface area contributed by atoms with E-state index >= 15 is 0 Å². The van der Waals surface area contributed by atoms with Gasteiger partial charge in [0.1, 0.15) is 11.3 Å². The van der Waals surface area contributed by atoms with Crippen LogP contribution in [0.25, 0.3) is 11.0 Å². The summed E-state index contributed by atoms with van der Waals surface area (Å²) < 4.78 is 10.7. The predicted octanol–water partition coefficient (Wildman–Crippen LogP) is 2.89. The highest BCUT2D eigenvalue weighted by atomic mass is 16.5. The predicted molar refractivity (Wildman–Crippen MR) is 63.0 cm³/mol. The zero-order valence-corrected chi connectivity index (χ0v) is 9.45. The van der Waals surface area contributed by atoms with Crippen LogP contribution in [0.2, 0.25) is 0 Å². The van der Waals surface area contributed by atoms with Gasteiger partial charge in [0.2, 0.25) is 0 Å². The summed E-state index contributed by atoms with van der Waals surface area (Å²) in [4.78, 5) is 11.3. The van der Waals surface area contributed by atoms with Crippen molar-refractivity contribution in [3.63, 3.8) is 0 Å². The van der Waals surface area contributed by atoms with Gasteiger partial charge in [-0.1, -0.05) is 13.0 Å². The molecule has 0 N–H and O–H groups in total. The zero-order chi connectivity index (χ0) is 11.5. The molecule has 0 unspecified atom stereocenters. The molecule has 2 rings (SSSR count). The third-order valence-electron chi connectivity index (χ3n) is 2.32. The Balaban J connectivity index is 2.58. The second-order valence-electron chi connectivity index (χ2n) is 3.78. The van der Waals surface area contributed by atoms with Gasteiger partial charge >= 0.3 is 5.63 Å². The Hall–Kier alpha value is -1.77. The SMILES string of the molecule is CCCOc1cc(=O)oc2cc(C)ccc12. The first-order valence-corrected chi connectivity index (χ1v) is 5.38. The second kappa shape index (κ2) is 4.39. The first-order chi connectivity index (χ1) is 7.70. The van der Waals surface area contributed by atoms with Gasteiger partial charge in [-0.3, -0.25) is 0 Å². The summed E-state index contributed by atoms with van der Waals surface area (Å²) in [5.74, 6) is 0.605. The lowest BCUT2D eigenvalue weighted by Gasteiger charge is -2.07. The number of rotatable bonds is 3. The molecule has 1 heterocycles. The normalized spacial score (nSPS) is 10.6. The van der Waals surface area contributed by atoms with Crippen LogP contribution in [0.3, 0.4) is 0 Å². The van der Waals surface area contributed by atoms with Gasteiger partial charge in [-0.15, -0.1) is 0 Å². The van der Waals surface area contributed by atoms with Crippen LogP contribution in [-0.2, 0) is 0 Å². The van der Waals surface area contributed by atoms with Gasteiger partial charge in [0, 0.05) is 0 Å². The molecule has 0 saturated carbocycles. The van der Waals surface area contributed by atoms with Gasteiger partial charge in [0.05, 0.1) is 18.1 Å². The molecule has 0 fully saturated rings. The van der Waals surface area contributed by atoms with Crippen LogP contribution in [0.5, 0.6) is 5.75 Å². The average molecular weight is 218 g/mol. The van der Waals surface area contributed by atoms with Gasteiger partial charge in [-0.2, -0.15) is 0 Å². The number of ether oxygens (including phenoxy) is 1. The molecule has 0 atom stereocenters. The average Bonchev–Trinajstić information content (AvgIpc) is 2.25. The summed E-state index contributed by atoms with van der Waals surface area (Å²) in [6.45, 7) is 4.59. The highest BCUT2D eigenvalue weighted by molar-refractivity contribution is 5.83. The van der Waals surface area contributed by atoms with E-state index in [1.807, 2.05) is 32.0 Å². The first kappa shape index (κ1) is 10.7. The van der Waals surface area contributed by atoms with E-state index in [0.29, 0.717) is 17.9 Å². The molecule has 0 aliphatic heterocycles. The molecule has 0 radical (unpaired) electrons. The largest absolute Gasteiger partial charge is 0.493 e. The van der Waals surface area contributed by atoms with Crippen molar-refractivity contribution < 1.29 is 9.15 Å². The molecule has 0 aliphatic rings. The molecule has 3 nitrogen and oxygen atoms in total. The fourth-order valence-electron chi connectivity index (χ4n) is 1.57. The van der Waals surface area contributed by atoms with Crippen molar-refractivity contribution in [3.05, 3.63) is 40.2 Å². The summed E-state index contributed by atoms with van der Waals surface area (Å²) in [5.41, 5.74) is 1.27. The topological polar surface area (TPSA) is 39.4 Å². The molecule has 16 heavy (non-hydrogen) atoms. The van der Waals surface area contributed by atoms with Crippen molar-refractivity contribution in [2.75, 3.05) is 6.61 Å². The van der Waals surface area contributed by atoms with Crippen molar-refractivity contribution in [3.8, 4) is 5.75 Å². The van der Waals surface area contributed by atoms with E-state index in [1.165, 1.54) is 6.07 Å². The Bertz CT molecular complexity index is 555. The van der Waals surface area contributed by atoms with Gasteiger partial charge in [-0.05, 0) is 31.0 Å². The fraction of sp³-hybridized carbons (Fsp3) is 0.308. The summed E-state index contributed by atoms with van der Waals surface area (Å²) in [7, 11) is 0. The van der Waals surface area contributed by atoms with Gasteiger partial charge in [0.25, 0.3) is 0 Å². The Kier molecular flexibility index (Phi) is 2.95. The van der Waals surface area contributed by atoms with Crippen LogP contribution in [0, 0.1) is 6.92 Å². The Morgan fingerprint density at radius 3 is 2.88 bits per heavy atom. The minimum atomic E-state index is -0.371. The van der Waals surface area contributed by atoms with Crippen molar-refractivity contribution in [2.24, 2.45) is 0 Å². The van der Waals surface area contributed by atoms with Gasteiger partial charge in [0.15, 0.2) is 0 Å². The third-order valence-corrected chi connectivity index (χ3v) is 2.32.